The molecule has 1 atom stereocenters. The molecule has 5 rings (SSSR count). The topological polar surface area (TPSA) is 113 Å². The van der Waals surface area contributed by atoms with Gasteiger partial charge in [-0.05, 0) is 29.3 Å². The Hall–Kier alpha value is -5.77. The maximum Gasteiger partial charge on any atom is 0.349 e. The lowest BCUT2D eigenvalue weighted by atomic mass is 9.83. The third-order valence-electron chi connectivity index (χ3n) is 6.68. The molecule has 13 heteroatoms. The highest BCUT2D eigenvalue weighted by molar-refractivity contribution is 5.74. The Bertz CT molecular complexity index is 1830. The monoisotopic (exact) mass is 624 g/mol. The van der Waals surface area contributed by atoms with Crippen molar-refractivity contribution in [1.82, 2.24) is 0 Å². The van der Waals surface area contributed by atoms with E-state index in [4.69, 9.17) is 24.7 Å². The van der Waals surface area contributed by atoms with Gasteiger partial charge in [-0.25, -0.2) is 18.0 Å². The van der Waals surface area contributed by atoms with Crippen molar-refractivity contribution in [2.24, 2.45) is 5.73 Å². The van der Waals surface area contributed by atoms with E-state index >= 15 is 0 Å². The van der Waals surface area contributed by atoms with Gasteiger partial charge in [0.15, 0.2) is 23.9 Å². The smallest absolute Gasteiger partial charge is 0.349 e. The fourth-order valence-corrected chi connectivity index (χ4v) is 4.56. The highest BCUT2D eigenvalue weighted by atomic mass is 19.2. The number of ether oxygens (including phenoxy) is 5. The van der Waals surface area contributed by atoms with Crippen LogP contribution in [0.3, 0.4) is 0 Å². The van der Waals surface area contributed by atoms with Crippen LogP contribution in [0.1, 0.15) is 22.6 Å². The third-order valence-corrected chi connectivity index (χ3v) is 6.68. The molecule has 0 saturated heterocycles. The molecule has 0 aromatic heterocycles. The fourth-order valence-electron chi connectivity index (χ4n) is 4.56. The summed E-state index contributed by atoms with van der Waals surface area (Å²) in [6, 6.07) is 20.8. The lowest BCUT2D eigenvalue weighted by Gasteiger charge is -2.27. The van der Waals surface area contributed by atoms with E-state index in [0.717, 1.165) is 5.56 Å². The number of halogens is 5. The number of carbonyl (C=O) groups excluding carboxylic acids is 1. The van der Waals surface area contributed by atoms with Gasteiger partial charge in [-0.2, -0.15) is 14.0 Å². The van der Waals surface area contributed by atoms with Gasteiger partial charge in [0, 0.05) is 11.6 Å². The molecule has 0 fully saturated rings. The van der Waals surface area contributed by atoms with Crippen LogP contribution in [0.5, 0.6) is 28.7 Å². The first-order valence-corrected chi connectivity index (χ1v) is 13.0. The summed E-state index contributed by atoms with van der Waals surface area (Å²) in [5.41, 5.74) is 8.18. The summed E-state index contributed by atoms with van der Waals surface area (Å²) in [4.78, 5) is 12.3. The largest absolute Gasteiger partial charge is 0.493 e. The SMILES string of the molecule is COc1cc(C2C(C#N)=C(N)Oc3cc(OC(=O)COc4c(F)c(F)c(F)c(F)c4F)ccc32)ccc1OCc1ccccc1. The Balaban J connectivity index is 1.36. The Morgan fingerprint density at radius 2 is 1.58 bits per heavy atom. The molecule has 2 N–H and O–H groups in total. The van der Waals surface area contributed by atoms with Gasteiger partial charge in [0.2, 0.25) is 35.0 Å². The van der Waals surface area contributed by atoms with Gasteiger partial charge in [-0.15, -0.1) is 0 Å². The van der Waals surface area contributed by atoms with Gasteiger partial charge in [0.1, 0.15) is 29.7 Å². The van der Waals surface area contributed by atoms with Crippen LogP contribution in [0, 0.1) is 40.4 Å². The normalized spacial score (nSPS) is 13.8. The Morgan fingerprint density at radius 1 is 0.889 bits per heavy atom. The quantitative estimate of drug-likeness (QED) is 0.0774. The summed E-state index contributed by atoms with van der Waals surface area (Å²) < 4.78 is 94.5. The first-order chi connectivity index (χ1) is 21.6. The second kappa shape index (κ2) is 12.8. The highest BCUT2D eigenvalue weighted by Gasteiger charge is 2.32. The van der Waals surface area contributed by atoms with E-state index in [2.05, 4.69) is 10.8 Å². The van der Waals surface area contributed by atoms with E-state index in [9.17, 15) is 32.0 Å². The van der Waals surface area contributed by atoms with E-state index in [-0.39, 0.29) is 23.0 Å². The van der Waals surface area contributed by atoms with E-state index in [1.807, 2.05) is 30.3 Å². The predicted molar refractivity (Wildman–Crippen MR) is 147 cm³/mol. The molecule has 0 amide bonds. The lowest BCUT2D eigenvalue weighted by Crippen LogP contribution is -2.22. The van der Waals surface area contributed by atoms with Crippen LogP contribution in [0.4, 0.5) is 22.0 Å². The fraction of sp³-hybridized carbons (Fsp3) is 0.125. The number of esters is 1. The number of nitrogens with zero attached hydrogens (tertiary/aromatic N) is 1. The van der Waals surface area contributed by atoms with Crippen molar-refractivity contribution in [1.29, 1.82) is 5.26 Å². The Morgan fingerprint density at radius 3 is 2.24 bits per heavy atom. The van der Waals surface area contributed by atoms with Crippen molar-refractivity contribution in [2.45, 2.75) is 12.5 Å². The minimum absolute atomic E-state index is 0.100. The minimum atomic E-state index is -2.37. The number of rotatable bonds is 9. The molecule has 45 heavy (non-hydrogen) atoms. The molecule has 1 heterocycles. The summed E-state index contributed by atoms with van der Waals surface area (Å²) in [5.74, 6) is -14.3. The third kappa shape index (κ3) is 6.16. The summed E-state index contributed by atoms with van der Waals surface area (Å²) in [6.45, 7) is -0.904. The van der Waals surface area contributed by atoms with Crippen LogP contribution >= 0.6 is 0 Å². The number of nitriles is 1. The van der Waals surface area contributed by atoms with Crippen LogP contribution in [-0.4, -0.2) is 19.7 Å². The molecule has 0 spiro atoms. The summed E-state index contributed by atoms with van der Waals surface area (Å²) in [5, 5.41) is 9.90. The predicted octanol–water partition coefficient (Wildman–Crippen LogP) is 6.17. The highest BCUT2D eigenvalue weighted by Crippen LogP contribution is 2.45. The standard InChI is InChI=1S/C32H21F5N2O6/c1-41-23-11-17(7-10-21(23)42-14-16-5-3-2-4-6-16)25-19-9-8-18(12-22(19)45-32(39)20(25)13-38)44-24(40)15-43-31-29(36)27(34)26(33)28(35)30(31)37/h2-12,25H,14-15,39H2,1H3. The number of nitrogens with two attached hydrogens (primary N) is 1. The molecule has 0 bridgehead atoms. The van der Waals surface area contributed by atoms with E-state index in [1.165, 1.54) is 25.3 Å². The van der Waals surface area contributed by atoms with Gasteiger partial charge >= 0.3 is 5.97 Å². The van der Waals surface area contributed by atoms with Crippen molar-refractivity contribution >= 4 is 5.97 Å². The van der Waals surface area contributed by atoms with Crippen molar-refractivity contribution in [2.75, 3.05) is 13.7 Å². The van der Waals surface area contributed by atoms with E-state index in [0.29, 0.717) is 29.2 Å². The number of methoxy groups -OCH3 is 1. The number of allylic oxidation sites excluding steroid dienone is 1. The maximum atomic E-state index is 13.9. The van der Waals surface area contributed by atoms with Gasteiger partial charge in [0.25, 0.3) is 0 Å². The zero-order valence-corrected chi connectivity index (χ0v) is 23.2. The first-order valence-electron chi connectivity index (χ1n) is 13.0. The molecule has 230 valence electrons. The van der Waals surface area contributed by atoms with E-state index in [1.54, 1.807) is 18.2 Å². The second-order valence-corrected chi connectivity index (χ2v) is 9.47. The molecule has 1 unspecified atom stereocenters. The molecule has 0 saturated carbocycles. The van der Waals surface area contributed by atoms with Crippen LogP contribution in [-0.2, 0) is 11.4 Å². The molecule has 1 aliphatic heterocycles. The molecule has 4 aromatic carbocycles. The molecular formula is C32H21F5N2O6. The van der Waals surface area contributed by atoms with Crippen LogP contribution < -0.4 is 29.4 Å². The molecular weight excluding hydrogens is 603 g/mol. The lowest BCUT2D eigenvalue weighted by molar-refractivity contribution is -0.136. The number of hydrogen-bond donors (Lipinski definition) is 1. The van der Waals surface area contributed by atoms with Crippen LogP contribution in [0.15, 0.2) is 78.2 Å². The van der Waals surface area contributed by atoms with Crippen molar-refractivity contribution < 1.29 is 50.4 Å². The van der Waals surface area contributed by atoms with Gasteiger partial charge in [0.05, 0.1) is 13.0 Å². The molecule has 0 aliphatic carbocycles. The van der Waals surface area contributed by atoms with Gasteiger partial charge in [-0.3, -0.25) is 0 Å². The van der Waals surface area contributed by atoms with Crippen molar-refractivity contribution in [3.8, 4) is 34.8 Å². The average molecular weight is 625 g/mol. The zero-order valence-electron chi connectivity index (χ0n) is 23.2. The van der Waals surface area contributed by atoms with Crippen LogP contribution in [0.25, 0.3) is 0 Å². The molecule has 0 radical (unpaired) electrons. The minimum Gasteiger partial charge on any atom is -0.493 e. The maximum absolute atomic E-state index is 13.9. The Labute approximate surface area is 252 Å². The summed E-state index contributed by atoms with van der Waals surface area (Å²) in [7, 11) is 1.47. The molecule has 8 nitrogen and oxygen atoms in total. The number of hydrogen-bond acceptors (Lipinski definition) is 8. The summed E-state index contributed by atoms with van der Waals surface area (Å²) >= 11 is 0. The summed E-state index contributed by atoms with van der Waals surface area (Å²) in [6.07, 6.45) is 0. The molecule has 1 aliphatic rings. The van der Waals surface area contributed by atoms with Crippen molar-refractivity contribution in [3.05, 3.63) is 124 Å². The van der Waals surface area contributed by atoms with Crippen LogP contribution in [0.2, 0.25) is 0 Å². The average Bonchev–Trinajstić information content (AvgIpc) is 3.05. The number of benzene rings is 4. The number of fused-ring (bicyclic) bond motifs is 1. The number of carbonyl (C=O) groups is 1. The van der Waals surface area contributed by atoms with Gasteiger partial charge in [-0.1, -0.05) is 42.5 Å². The first kappa shape index (κ1) is 30.7. The van der Waals surface area contributed by atoms with Crippen molar-refractivity contribution in [3.63, 3.8) is 0 Å². The van der Waals surface area contributed by atoms with E-state index < -0.39 is 53.3 Å². The zero-order chi connectivity index (χ0) is 32.2. The van der Waals surface area contributed by atoms with Gasteiger partial charge < -0.3 is 29.4 Å². The Kier molecular flexibility index (Phi) is 8.76. The second-order valence-electron chi connectivity index (χ2n) is 9.47. The molecule has 4 aromatic rings.